The zero-order chi connectivity index (χ0) is 22.8. The van der Waals surface area contributed by atoms with Crippen LogP contribution < -0.4 is 5.32 Å². The first kappa shape index (κ1) is 21.2. The highest BCUT2D eigenvalue weighted by molar-refractivity contribution is 5.93. The molecule has 2 atom stereocenters. The molecule has 5 rings (SSSR count). The fraction of sp³-hybridized carbons (Fsp3) is 0.269. The molecule has 0 bridgehead atoms. The summed E-state index contributed by atoms with van der Waals surface area (Å²) in [5.41, 5.74) is 5.28. The molecule has 1 amide bonds. The Morgan fingerprint density at radius 1 is 1.06 bits per heavy atom. The molecule has 7 nitrogen and oxygen atoms in total. The quantitative estimate of drug-likeness (QED) is 0.437. The van der Waals surface area contributed by atoms with E-state index < -0.39 is 6.10 Å². The molecule has 0 spiro atoms. The topological polar surface area (TPSA) is 99.8 Å². The summed E-state index contributed by atoms with van der Waals surface area (Å²) in [6.07, 6.45) is 7.06. The standard InChI is InChI=1S/C26H26N4O3/c31-24-6-2-1-4-21(24)28-26(33)22-15-20(23-5-3-13-30(23)29-22)14-17-7-9-18(10-8-17)19-11-12-27-25(32)16-19/h3,5,7-13,15-16,21,24,31H,1-2,4,6,14H2,(H,27,32)(H,28,33)/t21-,24-/m1/s1. The van der Waals surface area contributed by atoms with E-state index in [1.165, 1.54) is 0 Å². The van der Waals surface area contributed by atoms with Gasteiger partial charge in [-0.1, -0.05) is 37.1 Å². The average Bonchev–Trinajstić information content (AvgIpc) is 3.30. The zero-order valence-corrected chi connectivity index (χ0v) is 18.2. The minimum Gasteiger partial charge on any atom is -0.493 e. The minimum absolute atomic E-state index is 0.00413. The van der Waals surface area contributed by atoms with Crippen LogP contribution in [0.3, 0.4) is 0 Å². The van der Waals surface area contributed by atoms with Gasteiger partial charge in [0, 0.05) is 18.5 Å². The predicted molar refractivity (Wildman–Crippen MR) is 125 cm³/mol. The molecule has 1 saturated carbocycles. The van der Waals surface area contributed by atoms with Gasteiger partial charge >= 0.3 is 0 Å². The zero-order valence-electron chi connectivity index (χ0n) is 18.2. The number of benzene rings is 1. The lowest BCUT2D eigenvalue weighted by atomic mass is 9.92. The molecule has 3 heterocycles. The molecule has 0 radical (unpaired) electrons. The van der Waals surface area contributed by atoms with Crippen molar-refractivity contribution < 1.29 is 15.0 Å². The summed E-state index contributed by atoms with van der Waals surface area (Å²) >= 11 is 0. The van der Waals surface area contributed by atoms with Crippen LogP contribution in [0.15, 0.2) is 67.0 Å². The number of pyridine rings is 1. The highest BCUT2D eigenvalue weighted by Gasteiger charge is 2.25. The second kappa shape index (κ2) is 9.03. The number of hydrogen-bond donors (Lipinski definition) is 3. The van der Waals surface area contributed by atoms with E-state index in [1.807, 2.05) is 54.7 Å². The van der Waals surface area contributed by atoms with Crippen LogP contribution in [0, 0.1) is 0 Å². The maximum Gasteiger partial charge on any atom is 0.272 e. The highest BCUT2D eigenvalue weighted by atomic mass is 16.3. The predicted octanol–water partition coefficient (Wildman–Crippen LogP) is 3.73. The first-order chi connectivity index (χ1) is 16.1. The van der Waals surface area contributed by atoms with Gasteiger partial charge in [0.1, 0.15) is 5.69 Å². The molecule has 1 fully saturated rings. The molecule has 0 unspecified atom stereocenters. The third kappa shape index (κ3) is 4.59. The lowest BCUT2D eigenvalue weighted by Gasteiger charge is -2.28. The molecule has 1 aliphatic carbocycles. The van der Waals surface area contributed by atoms with Gasteiger partial charge < -0.3 is 15.5 Å². The number of hydrogen-bond acceptors (Lipinski definition) is 5. The van der Waals surface area contributed by atoms with Crippen LogP contribution in [0.2, 0.25) is 0 Å². The number of aromatic nitrogens is 3. The van der Waals surface area contributed by atoms with Gasteiger partial charge in [0.15, 0.2) is 0 Å². The maximum atomic E-state index is 12.9. The number of nitrogens with one attached hydrogen (secondary N) is 1. The van der Waals surface area contributed by atoms with Crippen molar-refractivity contribution >= 4 is 11.4 Å². The third-order valence-corrected chi connectivity index (χ3v) is 6.29. The molecular formula is C26H26N4O3. The van der Waals surface area contributed by atoms with Crippen LogP contribution in [0.1, 0.15) is 47.3 Å². The SMILES string of the molecule is O=C(N[C@@H]1CCCC[C@H]1O)c1cc(Cc2ccc(-c3ccnc(O)c3)cc2)c2cccn2n1. The summed E-state index contributed by atoms with van der Waals surface area (Å²) in [7, 11) is 0. The number of aromatic hydroxyl groups is 1. The molecule has 3 aromatic heterocycles. The van der Waals surface area contributed by atoms with Crippen molar-refractivity contribution in [3.05, 3.63) is 83.8 Å². The second-order valence-corrected chi connectivity index (χ2v) is 8.60. The molecule has 33 heavy (non-hydrogen) atoms. The Morgan fingerprint density at radius 3 is 2.67 bits per heavy atom. The fourth-order valence-electron chi connectivity index (χ4n) is 4.51. The largest absolute Gasteiger partial charge is 0.493 e. The van der Waals surface area contributed by atoms with Crippen LogP contribution in [0.5, 0.6) is 5.88 Å². The molecular weight excluding hydrogens is 416 g/mol. The number of nitrogens with zero attached hydrogens (tertiary/aromatic N) is 3. The van der Waals surface area contributed by atoms with Gasteiger partial charge in [0.05, 0.1) is 17.7 Å². The van der Waals surface area contributed by atoms with Crippen molar-refractivity contribution in [3.8, 4) is 17.0 Å². The Kier molecular flexibility index (Phi) is 5.79. The van der Waals surface area contributed by atoms with Gasteiger partial charge in [-0.05, 0) is 65.8 Å². The van der Waals surface area contributed by atoms with E-state index in [1.54, 1.807) is 16.8 Å². The van der Waals surface area contributed by atoms with Crippen LogP contribution in [-0.2, 0) is 6.42 Å². The first-order valence-electron chi connectivity index (χ1n) is 11.3. The van der Waals surface area contributed by atoms with Gasteiger partial charge in [-0.2, -0.15) is 5.10 Å². The average molecular weight is 443 g/mol. The van der Waals surface area contributed by atoms with Crippen molar-refractivity contribution in [2.75, 3.05) is 0 Å². The van der Waals surface area contributed by atoms with Gasteiger partial charge in [0.2, 0.25) is 5.88 Å². The molecule has 168 valence electrons. The molecule has 1 aliphatic rings. The molecule has 1 aromatic carbocycles. The van der Waals surface area contributed by atoms with Crippen molar-refractivity contribution in [3.63, 3.8) is 0 Å². The van der Waals surface area contributed by atoms with Gasteiger partial charge in [-0.25, -0.2) is 9.50 Å². The summed E-state index contributed by atoms with van der Waals surface area (Å²) in [6.45, 7) is 0. The van der Waals surface area contributed by atoms with Gasteiger partial charge in [0.25, 0.3) is 5.91 Å². The van der Waals surface area contributed by atoms with Gasteiger partial charge in [-0.3, -0.25) is 4.79 Å². The van der Waals surface area contributed by atoms with E-state index >= 15 is 0 Å². The van der Waals surface area contributed by atoms with E-state index in [0.29, 0.717) is 12.1 Å². The highest BCUT2D eigenvalue weighted by Crippen LogP contribution is 2.24. The Balaban J connectivity index is 1.39. The Bertz CT molecular complexity index is 1280. The van der Waals surface area contributed by atoms with Crippen LogP contribution in [0.4, 0.5) is 0 Å². The van der Waals surface area contributed by atoms with E-state index in [9.17, 15) is 15.0 Å². The van der Waals surface area contributed by atoms with E-state index in [4.69, 9.17) is 0 Å². The smallest absolute Gasteiger partial charge is 0.272 e. The molecule has 0 aliphatic heterocycles. The molecule has 7 heteroatoms. The van der Waals surface area contributed by atoms with Crippen LogP contribution in [0.25, 0.3) is 16.6 Å². The fourth-order valence-corrected chi connectivity index (χ4v) is 4.51. The minimum atomic E-state index is -0.502. The monoisotopic (exact) mass is 442 g/mol. The van der Waals surface area contributed by atoms with E-state index in [-0.39, 0.29) is 17.8 Å². The number of aliphatic hydroxyl groups excluding tert-OH is 1. The summed E-state index contributed by atoms with van der Waals surface area (Å²) in [4.78, 5) is 16.8. The Hall–Kier alpha value is -3.71. The lowest BCUT2D eigenvalue weighted by Crippen LogP contribution is -2.45. The molecule has 0 saturated heterocycles. The molecule has 3 N–H and O–H groups in total. The normalized spacial score (nSPS) is 18.3. The Labute approximate surface area is 191 Å². The number of aliphatic hydroxyl groups is 1. The number of carbonyl (C=O) groups excluding carboxylic acids is 1. The summed E-state index contributed by atoms with van der Waals surface area (Å²) < 4.78 is 1.73. The van der Waals surface area contributed by atoms with Crippen LogP contribution >= 0.6 is 0 Å². The van der Waals surface area contributed by atoms with Gasteiger partial charge in [-0.15, -0.1) is 0 Å². The number of carbonyl (C=O) groups is 1. The summed E-state index contributed by atoms with van der Waals surface area (Å²) in [5, 5.41) is 27.3. The van der Waals surface area contributed by atoms with Crippen molar-refractivity contribution in [1.82, 2.24) is 19.9 Å². The van der Waals surface area contributed by atoms with Crippen molar-refractivity contribution in [2.24, 2.45) is 0 Å². The van der Waals surface area contributed by atoms with E-state index in [2.05, 4.69) is 15.4 Å². The Morgan fingerprint density at radius 2 is 1.88 bits per heavy atom. The van der Waals surface area contributed by atoms with Crippen molar-refractivity contribution in [1.29, 1.82) is 0 Å². The first-order valence-corrected chi connectivity index (χ1v) is 11.3. The maximum absolute atomic E-state index is 12.9. The van der Waals surface area contributed by atoms with Crippen molar-refractivity contribution in [2.45, 2.75) is 44.2 Å². The lowest BCUT2D eigenvalue weighted by molar-refractivity contribution is 0.0713. The number of amides is 1. The summed E-state index contributed by atoms with van der Waals surface area (Å²) in [5.74, 6) is -0.263. The molecule has 4 aromatic rings. The number of fused-ring (bicyclic) bond motifs is 1. The van der Waals surface area contributed by atoms with Crippen LogP contribution in [-0.4, -0.2) is 42.9 Å². The third-order valence-electron chi connectivity index (χ3n) is 6.29. The van der Waals surface area contributed by atoms with E-state index in [0.717, 1.165) is 53.5 Å². The second-order valence-electron chi connectivity index (χ2n) is 8.60. The summed E-state index contributed by atoms with van der Waals surface area (Å²) in [6, 6.07) is 17.1. The number of rotatable bonds is 5.